The van der Waals surface area contributed by atoms with Crippen LogP contribution < -0.4 is 15.5 Å². The van der Waals surface area contributed by atoms with Crippen LogP contribution in [0.4, 0.5) is 0 Å². The Hall–Kier alpha value is -3.93. The van der Waals surface area contributed by atoms with Gasteiger partial charge in [-0.2, -0.15) is 0 Å². The van der Waals surface area contributed by atoms with Gasteiger partial charge in [0, 0.05) is 16.7 Å². The molecule has 3 aromatic carbocycles. The fraction of sp³-hybridized carbons (Fsp3) is 0.160. The van der Waals surface area contributed by atoms with Crippen molar-refractivity contribution in [2.45, 2.75) is 19.0 Å². The summed E-state index contributed by atoms with van der Waals surface area (Å²) >= 11 is 0. The molecule has 2 atom stereocenters. The zero-order valence-electron chi connectivity index (χ0n) is 17.4. The van der Waals surface area contributed by atoms with E-state index in [4.69, 9.17) is 4.74 Å². The van der Waals surface area contributed by atoms with E-state index in [0.717, 1.165) is 22.4 Å². The van der Waals surface area contributed by atoms with Gasteiger partial charge in [-0.05, 0) is 55.5 Å². The highest BCUT2D eigenvalue weighted by Crippen LogP contribution is 2.27. The number of hydrazine groups is 1. The fourth-order valence-corrected chi connectivity index (χ4v) is 3.61. The Morgan fingerprint density at radius 2 is 1.68 bits per heavy atom. The molecule has 156 valence electrons. The Kier molecular flexibility index (Phi) is 5.80. The van der Waals surface area contributed by atoms with Crippen LogP contribution in [0.15, 0.2) is 78.9 Å². The third-order valence-electron chi connectivity index (χ3n) is 5.28. The molecule has 6 nitrogen and oxygen atoms in total. The minimum atomic E-state index is -0.762. The predicted molar refractivity (Wildman–Crippen MR) is 118 cm³/mol. The summed E-state index contributed by atoms with van der Waals surface area (Å²) in [6.45, 7) is 1.96. The van der Waals surface area contributed by atoms with Gasteiger partial charge < -0.3 is 10.1 Å². The quantitative estimate of drug-likeness (QED) is 0.631. The van der Waals surface area contributed by atoms with Crippen molar-refractivity contribution in [1.82, 2.24) is 10.7 Å². The van der Waals surface area contributed by atoms with Crippen LogP contribution in [0.1, 0.15) is 33.1 Å². The average molecular weight is 414 g/mol. The molecule has 0 spiro atoms. The zero-order chi connectivity index (χ0) is 21.8. The molecule has 3 aromatic rings. The fourth-order valence-electron chi connectivity index (χ4n) is 3.61. The van der Waals surface area contributed by atoms with E-state index in [9.17, 15) is 9.59 Å². The SMILES string of the molecule is COc1ccc([C@H]2[C@@H](NC(=O)c3ccc(C)cc3)C(=O)N/[N+]2=C\c2ccccc2)cc1. The summed E-state index contributed by atoms with van der Waals surface area (Å²) in [6.07, 6.45) is 1.87. The molecule has 0 aromatic heterocycles. The largest absolute Gasteiger partial charge is 0.497 e. The standard InChI is InChI=1S/C25H23N3O3/c1-17-8-10-20(11-9-17)24(29)26-22-23(19-12-14-21(31-2)15-13-19)28(27-25(22)30)16-18-6-4-3-5-7-18/h3-16,22-23H,1-2H3,(H-,26,27,29,30)/p+1/b28-16-/t22-,23+/m1/s1. The molecule has 1 aliphatic rings. The first-order valence-corrected chi connectivity index (χ1v) is 10.1. The summed E-state index contributed by atoms with van der Waals surface area (Å²) in [6, 6.07) is 23.3. The van der Waals surface area contributed by atoms with Crippen molar-refractivity contribution in [3.05, 3.63) is 101 Å². The van der Waals surface area contributed by atoms with E-state index in [1.54, 1.807) is 23.9 Å². The number of methoxy groups -OCH3 is 1. The molecule has 0 bridgehead atoms. The van der Waals surface area contributed by atoms with Crippen LogP contribution in [0.25, 0.3) is 0 Å². The van der Waals surface area contributed by atoms with Gasteiger partial charge in [0.15, 0.2) is 6.04 Å². The first kappa shape index (κ1) is 20.3. The van der Waals surface area contributed by atoms with Crippen LogP contribution >= 0.6 is 0 Å². The molecule has 0 radical (unpaired) electrons. The maximum Gasteiger partial charge on any atom is 0.304 e. The minimum absolute atomic E-state index is 0.270. The van der Waals surface area contributed by atoms with Gasteiger partial charge >= 0.3 is 5.91 Å². The predicted octanol–water partition coefficient (Wildman–Crippen LogP) is 3.02. The van der Waals surface area contributed by atoms with E-state index in [0.29, 0.717) is 5.56 Å². The highest BCUT2D eigenvalue weighted by Gasteiger charge is 2.47. The highest BCUT2D eigenvalue weighted by atomic mass is 16.5. The molecule has 1 heterocycles. The van der Waals surface area contributed by atoms with E-state index in [2.05, 4.69) is 10.7 Å². The lowest BCUT2D eigenvalue weighted by molar-refractivity contribution is -0.596. The summed E-state index contributed by atoms with van der Waals surface area (Å²) in [4.78, 5) is 25.8. The van der Waals surface area contributed by atoms with Crippen molar-refractivity contribution in [1.29, 1.82) is 0 Å². The average Bonchev–Trinajstić information content (AvgIpc) is 3.09. The highest BCUT2D eigenvalue weighted by molar-refractivity contribution is 5.98. The number of carbonyl (C=O) groups excluding carboxylic acids is 2. The normalized spacial score (nSPS) is 19.2. The number of ether oxygens (including phenoxy) is 1. The van der Waals surface area contributed by atoms with Crippen molar-refractivity contribution in [3.63, 3.8) is 0 Å². The number of hydrogen-bond acceptors (Lipinski definition) is 3. The molecule has 0 unspecified atom stereocenters. The van der Waals surface area contributed by atoms with Crippen LogP contribution in [0.2, 0.25) is 0 Å². The first-order chi connectivity index (χ1) is 15.0. The smallest absolute Gasteiger partial charge is 0.304 e. The topological polar surface area (TPSA) is 70.4 Å². The number of carbonyl (C=O) groups is 2. The van der Waals surface area contributed by atoms with Gasteiger partial charge in [-0.15, -0.1) is 10.1 Å². The van der Waals surface area contributed by atoms with Crippen molar-refractivity contribution < 1.29 is 19.0 Å². The maximum atomic E-state index is 12.9. The Labute approximate surface area is 181 Å². The number of benzene rings is 3. The number of aryl methyl sites for hydroxylation is 1. The van der Waals surface area contributed by atoms with Crippen LogP contribution in [0.5, 0.6) is 5.75 Å². The maximum absolute atomic E-state index is 12.9. The van der Waals surface area contributed by atoms with Crippen LogP contribution in [-0.2, 0) is 4.79 Å². The van der Waals surface area contributed by atoms with E-state index in [1.165, 1.54) is 0 Å². The molecule has 6 heteroatoms. The van der Waals surface area contributed by atoms with E-state index in [-0.39, 0.29) is 11.8 Å². The Balaban J connectivity index is 1.69. The molecule has 2 N–H and O–H groups in total. The Bertz CT molecular complexity index is 1110. The van der Waals surface area contributed by atoms with Crippen molar-refractivity contribution in [3.8, 4) is 5.75 Å². The van der Waals surface area contributed by atoms with Gasteiger partial charge in [0.2, 0.25) is 12.3 Å². The summed E-state index contributed by atoms with van der Waals surface area (Å²) < 4.78 is 7.01. The van der Waals surface area contributed by atoms with Crippen molar-refractivity contribution in [2.75, 3.05) is 7.11 Å². The van der Waals surface area contributed by atoms with E-state index in [1.807, 2.05) is 79.9 Å². The Morgan fingerprint density at radius 3 is 2.32 bits per heavy atom. The summed E-state index contributed by atoms with van der Waals surface area (Å²) in [5, 5.41) is 2.91. The lowest BCUT2D eigenvalue weighted by atomic mass is 9.99. The third kappa shape index (κ3) is 4.48. The van der Waals surface area contributed by atoms with Gasteiger partial charge in [0.25, 0.3) is 5.91 Å². The molecule has 0 aliphatic carbocycles. The summed E-state index contributed by atoms with van der Waals surface area (Å²) in [5.41, 5.74) is 6.28. The van der Waals surface area contributed by atoms with Crippen molar-refractivity contribution in [2.24, 2.45) is 0 Å². The number of rotatable bonds is 5. The molecule has 1 aliphatic heterocycles. The monoisotopic (exact) mass is 414 g/mol. The molecule has 4 rings (SSSR count). The molecule has 2 amide bonds. The second-order valence-corrected chi connectivity index (χ2v) is 7.46. The first-order valence-electron chi connectivity index (χ1n) is 10.1. The number of amides is 2. The molecule has 31 heavy (non-hydrogen) atoms. The second kappa shape index (κ2) is 8.83. The Morgan fingerprint density at radius 1 is 1.00 bits per heavy atom. The summed E-state index contributed by atoms with van der Waals surface area (Å²) in [5.74, 6) is 0.161. The second-order valence-electron chi connectivity index (χ2n) is 7.46. The van der Waals surface area contributed by atoms with Gasteiger partial charge in [0.05, 0.1) is 7.11 Å². The number of hydrazone groups is 1. The van der Waals surface area contributed by atoms with E-state index < -0.39 is 12.1 Å². The number of nitrogens with one attached hydrogen (secondary N) is 2. The lowest BCUT2D eigenvalue weighted by Crippen LogP contribution is -2.42. The molecular formula is C25H24N3O3+. The van der Waals surface area contributed by atoms with Gasteiger partial charge in [-0.1, -0.05) is 35.9 Å². The van der Waals surface area contributed by atoms with Crippen molar-refractivity contribution >= 4 is 18.0 Å². The van der Waals surface area contributed by atoms with E-state index >= 15 is 0 Å². The summed E-state index contributed by atoms with van der Waals surface area (Å²) in [7, 11) is 1.61. The molecule has 1 fully saturated rings. The van der Waals surface area contributed by atoms with Gasteiger partial charge in [-0.25, -0.2) is 0 Å². The minimum Gasteiger partial charge on any atom is -0.497 e. The van der Waals surface area contributed by atoms with Gasteiger partial charge in [0.1, 0.15) is 5.75 Å². The number of hydrogen-bond donors (Lipinski definition) is 2. The molecular weight excluding hydrogens is 390 g/mol. The van der Waals surface area contributed by atoms with Gasteiger partial charge in [-0.3, -0.25) is 9.59 Å². The zero-order valence-corrected chi connectivity index (χ0v) is 17.4. The van der Waals surface area contributed by atoms with Crippen LogP contribution in [-0.4, -0.2) is 35.9 Å². The molecule has 1 saturated heterocycles. The number of nitrogens with zero attached hydrogens (tertiary/aromatic N) is 1. The lowest BCUT2D eigenvalue weighted by Gasteiger charge is -2.15. The van der Waals surface area contributed by atoms with Crippen LogP contribution in [0, 0.1) is 6.92 Å². The molecule has 0 saturated carbocycles. The van der Waals surface area contributed by atoms with Crippen LogP contribution in [0.3, 0.4) is 0 Å². The third-order valence-corrected chi connectivity index (χ3v) is 5.28.